The van der Waals surface area contributed by atoms with Gasteiger partial charge in [-0.15, -0.1) is 11.3 Å². The summed E-state index contributed by atoms with van der Waals surface area (Å²) < 4.78 is 5.53. The minimum atomic E-state index is -0.943. The molecule has 0 aliphatic carbocycles. The van der Waals surface area contributed by atoms with Gasteiger partial charge in [0.15, 0.2) is 0 Å². The van der Waals surface area contributed by atoms with Gasteiger partial charge in [-0.3, -0.25) is 14.4 Å². The minimum absolute atomic E-state index is 0.00149. The van der Waals surface area contributed by atoms with Crippen LogP contribution in [0.25, 0.3) is 10.4 Å². The van der Waals surface area contributed by atoms with Crippen molar-refractivity contribution in [3.8, 4) is 10.4 Å². The fraction of sp³-hybridized carbons (Fsp3) is 0.548. The zero-order valence-electron chi connectivity index (χ0n) is 33.3. The molecule has 0 bridgehead atoms. The van der Waals surface area contributed by atoms with Gasteiger partial charge in [-0.2, -0.15) is 0 Å². The van der Waals surface area contributed by atoms with Crippen molar-refractivity contribution in [2.45, 2.75) is 104 Å². The third-order valence-electron chi connectivity index (χ3n) is 11.1. The molecule has 1 aromatic heterocycles. The lowest BCUT2D eigenvalue weighted by Gasteiger charge is -2.54. The maximum atomic E-state index is 14.2. The molecule has 1 spiro atoms. The summed E-state index contributed by atoms with van der Waals surface area (Å²) in [6, 6.07) is 13.2. The molecule has 3 aromatic rings. The van der Waals surface area contributed by atoms with E-state index in [1.807, 2.05) is 97.3 Å². The molecule has 3 fully saturated rings. The van der Waals surface area contributed by atoms with E-state index >= 15 is 0 Å². The lowest BCUT2D eigenvalue weighted by Crippen LogP contribution is -2.62. The molecule has 4 atom stereocenters. The van der Waals surface area contributed by atoms with Gasteiger partial charge in [0.1, 0.15) is 17.7 Å². The van der Waals surface area contributed by atoms with Gasteiger partial charge in [-0.1, -0.05) is 45.0 Å². The summed E-state index contributed by atoms with van der Waals surface area (Å²) >= 11 is 1.58. The number of hydrogen-bond acceptors (Lipinski definition) is 9. The Bertz CT molecular complexity index is 1870. The second-order valence-corrected chi connectivity index (χ2v) is 18.5. The number of likely N-dealkylation sites (tertiary alicyclic amines) is 2. The van der Waals surface area contributed by atoms with Gasteiger partial charge in [0.25, 0.3) is 5.91 Å². The standard InChI is InChI=1S/C42H56N6O6S/c1-26(28-9-11-29(12-10-28)34-27(2)43-25-55-34)44-37(51)33-21-32(49)22-48(33)38(52)35(40(3,4)5)45-36(50)30-13-15-31(16-14-30)46-19-17-42(18-20-46)23-47(24-42)39(53)54-41(6,7)8/h9-16,25-26,32-33,35,49H,17-24H2,1-8H3,(H,44,51)(H,45,50)/t26-,32+,33-,35+/m0/s1. The molecule has 3 aliphatic heterocycles. The van der Waals surface area contributed by atoms with Crippen molar-refractivity contribution >= 4 is 40.8 Å². The van der Waals surface area contributed by atoms with E-state index in [1.165, 1.54) is 4.90 Å². The second kappa shape index (κ2) is 15.6. The normalized spacial score (nSPS) is 20.8. The summed E-state index contributed by atoms with van der Waals surface area (Å²) in [5.74, 6) is -1.15. The number of benzene rings is 2. The van der Waals surface area contributed by atoms with Crippen LogP contribution in [0.15, 0.2) is 54.0 Å². The minimum Gasteiger partial charge on any atom is -0.444 e. The van der Waals surface area contributed by atoms with Crippen molar-refractivity contribution in [2.24, 2.45) is 10.8 Å². The number of aliphatic hydroxyl groups excluding tert-OH is 1. The smallest absolute Gasteiger partial charge is 0.410 e. The Morgan fingerprint density at radius 1 is 0.945 bits per heavy atom. The van der Waals surface area contributed by atoms with Crippen molar-refractivity contribution < 1.29 is 29.0 Å². The first-order chi connectivity index (χ1) is 25.8. The van der Waals surface area contributed by atoms with Crippen LogP contribution in [-0.4, -0.2) is 100 Å². The van der Waals surface area contributed by atoms with Crippen LogP contribution < -0.4 is 15.5 Å². The summed E-state index contributed by atoms with van der Waals surface area (Å²) in [6.45, 7) is 18.3. The van der Waals surface area contributed by atoms with Crippen molar-refractivity contribution in [3.63, 3.8) is 0 Å². The van der Waals surface area contributed by atoms with Gasteiger partial charge < -0.3 is 35.2 Å². The molecule has 296 valence electrons. The fourth-order valence-corrected chi connectivity index (χ4v) is 8.64. The number of nitrogens with zero attached hydrogens (tertiary/aromatic N) is 4. The highest BCUT2D eigenvalue weighted by atomic mass is 32.1. The van der Waals surface area contributed by atoms with E-state index in [0.29, 0.717) is 18.7 Å². The Balaban J connectivity index is 1.05. The van der Waals surface area contributed by atoms with Gasteiger partial charge in [0, 0.05) is 55.8 Å². The number of aliphatic hydroxyl groups is 1. The molecule has 0 unspecified atom stereocenters. The molecule has 4 heterocycles. The molecule has 12 nitrogen and oxygen atoms in total. The third-order valence-corrected chi connectivity index (χ3v) is 12.0. The van der Waals surface area contributed by atoms with E-state index in [1.54, 1.807) is 28.4 Å². The number of amides is 4. The number of thiazole rings is 1. The van der Waals surface area contributed by atoms with Crippen molar-refractivity contribution in [2.75, 3.05) is 37.6 Å². The molecule has 13 heteroatoms. The first kappa shape index (κ1) is 40.2. The maximum absolute atomic E-state index is 14.2. The predicted octanol–water partition coefficient (Wildman–Crippen LogP) is 5.94. The molecule has 2 aromatic carbocycles. The number of rotatable bonds is 8. The Hall–Kier alpha value is -4.49. The van der Waals surface area contributed by atoms with Crippen LogP contribution in [0.1, 0.15) is 95.4 Å². The molecule has 0 radical (unpaired) electrons. The van der Waals surface area contributed by atoms with Crippen LogP contribution in [0, 0.1) is 17.8 Å². The van der Waals surface area contributed by atoms with E-state index in [9.17, 15) is 24.3 Å². The number of anilines is 1. The van der Waals surface area contributed by atoms with E-state index in [4.69, 9.17) is 4.74 Å². The number of carbonyl (C=O) groups excluding carboxylic acids is 4. The SMILES string of the molecule is Cc1ncsc1-c1ccc([C@H](C)NC(=O)[C@@H]2C[C@@H](O)CN2C(=O)[C@@H](NC(=O)c2ccc(N3CCC4(CC3)CN(C(=O)OC(C)(C)C)C4)cc2)C(C)(C)C)cc1. The maximum Gasteiger partial charge on any atom is 0.410 e. The Morgan fingerprint density at radius 2 is 1.58 bits per heavy atom. The average molecular weight is 773 g/mol. The van der Waals surface area contributed by atoms with Gasteiger partial charge in [-0.05, 0) is 88.3 Å². The van der Waals surface area contributed by atoms with E-state index < -0.39 is 35.1 Å². The molecule has 4 amide bonds. The molecule has 3 saturated heterocycles. The van der Waals surface area contributed by atoms with Gasteiger partial charge in [-0.25, -0.2) is 9.78 Å². The number of aromatic nitrogens is 1. The Kier molecular flexibility index (Phi) is 11.4. The Morgan fingerprint density at radius 3 is 2.15 bits per heavy atom. The largest absolute Gasteiger partial charge is 0.444 e. The number of carbonyl (C=O) groups is 4. The van der Waals surface area contributed by atoms with Gasteiger partial charge in [0.2, 0.25) is 11.8 Å². The van der Waals surface area contributed by atoms with Gasteiger partial charge in [0.05, 0.1) is 28.2 Å². The number of β-amino-alcohol motifs (C(OH)–C–C–N with tert-alkyl or cyclic N) is 1. The molecule has 3 aliphatic rings. The third kappa shape index (κ3) is 9.15. The summed E-state index contributed by atoms with van der Waals surface area (Å²) in [5, 5.41) is 16.7. The lowest BCUT2D eigenvalue weighted by atomic mass is 9.72. The lowest BCUT2D eigenvalue weighted by molar-refractivity contribution is -0.142. The fourth-order valence-electron chi connectivity index (χ4n) is 7.83. The summed E-state index contributed by atoms with van der Waals surface area (Å²) in [5.41, 5.74) is 5.13. The van der Waals surface area contributed by atoms with E-state index in [-0.39, 0.29) is 42.3 Å². The average Bonchev–Trinajstić information content (AvgIpc) is 3.73. The monoisotopic (exact) mass is 772 g/mol. The molecule has 3 N–H and O–H groups in total. The van der Waals surface area contributed by atoms with Crippen molar-refractivity contribution in [3.05, 3.63) is 70.9 Å². The zero-order valence-corrected chi connectivity index (χ0v) is 34.2. The predicted molar refractivity (Wildman–Crippen MR) is 214 cm³/mol. The second-order valence-electron chi connectivity index (χ2n) is 17.7. The highest BCUT2D eigenvalue weighted by Gasteiger charge is 2.48. The number of hydrogen-bond donors (Lipinski definition) is 3. The first-order valence-electron chi connectivity index (χ1n) is 19.3. The number of nitrogens with one attached hydrogen (secondary N) is 2. The topological polar surface area (TPSA) is 144 Å². The summed E-state index contributed by atoms with van der Waals surface area (Å²) in [6.07, 6.45) is 0.930. The summed E-state index contributed by atoms with van der Waals surface area (Å²) in [4.78, 5) is 64.9. The van der Waals surface area contributed by atoms with Crippen LogP contribution in [0.5, 0.6) is 0 Å². The van der Waals surface area contributed by atoms with Crippen LogP contribution >= 0.6 is 11.3 Å². The van der Waals surface area contributed by atoms with Crippen LogP contribution in [0.3, 0.4) is 0 Å². The number of aryl methyl sites for hydroxylation is 1. The van der Waals surface area contributed by atoms with Crippen molar-refractivity contribution in [1.82, 2.24) is 25.4 Å². The quantitative estimate of drug-likeness (QED) is 0.255. The Labute approximate surface area is 328 Å². The van der Waals surface area contributed by atoms with Crippen LogP contribution in [-0.2, 0) is 14.3 Å². The highest BCUT2D eigenvalue weighted by molar-refractivity contribution is 7.13. The molecule has 6 rings (SSSR count). The first-order valence-corrected chi connectivity index (χ1v) is 20.1. The van der Waals surface area contributed by atoms with E-state index in [0.717, 1.165) is 53.3 Å². The van der Waals surface area contributed by atoms with E-state index in [2.05, 4.69) is 20.5 Å². The molecular formula is C42H56N6O6S. The van der Waals surface area contributed by atoms with Gasteiger partial charge >= 0.3 is 6.09 Å². The zero-order chi connectivity index (χ0) is 39.9. The van der Waals surface area contributed by atoms with Crippen LogP contribution in [0.4, 0.5) is 10.5 Å². The van der Waals surface area contributed by atoms with Crippen molar-refractivity contribution in [1.29, 1.82) is 0 Å². The summed E-state index contributed by atoms with van der Waals surface area (Å²) in [7, 11) is 0. The molecule has 0 saturated carbocycles. The highest BCUT2D eigenvalue weighted by Crippen LogP contribution is 2.42. The molecular weight excluding hydrogens is 717 g/mol. The number of ether oxygens (including phenoxy) is 1. The van der Waals surface area contributed by atoms with Crippen LogP contribution in [0.2, 0.25) is 0 Å². The molecule has 55 heavy (non-hydrogen) atoms. The number of piperidine rings is 1.